The Labute approximate surface area is 202 Å². The van der Waals surface area contributed by atoms with Crippen LogP contribution in [0.2, 0.25) is 0 Å². The summed E-state index contributed by atoms with van der Waals surface area (Å²) in [5, 5.41) is 9.63. The largest absolute Gasteiger partial charge is 0.491 e. The van der Waals surface area contributed by atoms with E-state index in [0.29, 0.717) is 34.6 Å². The summed E-state index contributed by atoms with van der Waals surface area (Å²) in [7, 11) is 0. The van der Waals surface area contributed by atoms with Crippen LogP contribution >= 0.6 is 0 Å². The summed E-state index contributed by atoms with van der Waals surface area (Å²) in [6, 6.07) is 21.0. The van der Waals surface area contributed by atoms with Gasteiger partial charge in [0, 0.05) is 11.1 Å². The molecule has 0 amide bonds. The molecule has 35 heavy (non-hydrogen) atoms. The van der Waals surface area contributed by atoms with E-state index in [4.69, 9.17) is 9.47 Å². The maximum Gasteiger partial charge on any atom is 0.167 e. The van der Waals surface area contributed by atoms with E-state index in [9.17, 15) is 18.3 Å². The van der Waals surface area contributed by atoms with E-state index in [2.05, 4.69) is 0 Å². The van der Waals surface area contributed by atoms with E-state index >= 15 is 0 Å². The first-order chi connectivity index (χ1) is 16.9. The average Bonchev–Trinajstić information content (AvgIpc) is 2.86. The Morgan fingerprint density at radius 1 is 0.743 bits per heavy atom. The molecule has 0 aromatic heterocycles. The molecule has 1 atom stereocenters. The third kappa shape index (κ3) is 5.49. The van der Waals surface area contributed by atoms with Gasteiger partial charge in [-0.25, -0.2) is 13.2 Å². The van der Waals surface area contributed by atoms with E-state index in [1.807, 2.05) is 0 Å². The van der Waals surface area contributed by atoms with Gasteiger partial charge in [0.15, 0.2) is 23.2 Å². The van der Waals surface area contributed by atoms with Crippen molar-refractivity contribution in [2.24, 2.45) is 0 Å². The quantitative estimate of drug-likeness (QED) is 0.286. The van der Waals surface area contributed by atoms with Crippen molar-refractivity contribution in [3.05, 3.63) is 107 Å². The van der Waals surface area contributed by atoms with Crippen LogP contribution in [0.4, 0.5) is 13.2 Å². The Bertz CT molecular complexity index is 1300. The van der Waals surface area contributed by atoms with Gasteiger partial charge in [0.25, 0.3) is 0 Å². The summed E-state index contributed by atoms with van der Waals surface area (Å²) in [4.78, 5) is 0. The first-order valence-electron chi connectivity index (χ1n) is 11.3. The number of ether oxygens (including phenoxy) is 2. The van der Waals surface area contributed by atoms with Gasteiger partial charge in [0.1, 0.15) is 12.4 Å². The fourth-order valence-electron chi connectivity index (χ4n) is 3.74. The van der Waals surface area contributed by atoms with Gasteiger partial charge in [0.05, 0.1) is 12.7 Å². The number of rotatable bonds is 8. The highest BCUT2D eigenvalue weighted by atomic mass is 19.2. The SMILES string of the molecule is CCOc1ccc(COc2ccc(-c3ccc(-c4ccc(C(C)O)cc4)c(F)c3F)cc2)cc1F. The Hall–Kier alpha value is -3.77. The van der Waals surface area contributed by atoms with Crippen molar-refractivity contribution in [2.45, 2.75) is 26.6 Å². The third-order valence-electron chi connectivity index (χ3n) is 5.65. The van der Waals surface area contributed by atoms with Gasteiger partial charge in [-0.1, -0.05) is 54.6 Å². The molecule has 180 valence electrons. The highest BCUT2D eigenvalue weighted by Gasteiger charge is 2.16. The molecule has 0 saturated carbocycles. The number of halogens is 3. The van der Waals surface area contributed by atoms with E-state index in [1.54, 1.807) is 74.5 Å². The smallest absolute Gasteiger partial charge is 0.167 e. The minimum atomic E-state index is -0.944. The predicted octanol–water partition coefficient (Wildman–Crippen LogP) is 7.47. The fraction of sp³-hybridized carbons (Fsp3) is 0.172. The lowest BCUT2D eigenvalue weighted by atomic mass is 9.97. The van der Waals surface area contributed by atoms with Gasteiger partial charge < -0.3 is 14.6 Å². The van der Waals surface area contributed by atoms with Gasteiger partial charge in [-0.2, -0.15) is 0 Å². The van der Waals surface area contributed by atoms with Gasteiger partial charge >= 0.3 is 0 Å². The Kier molecular flexibility index (Phi) is 7.42. The van der Waals surface area contributed by atoms with Crippen LogP contribution < -0.4 is 9.47 Å². The van der Waals surface area contributed by atoms with Crippen LogP contribution in [-0.2, 0) is 6.61 Å². The molecule has 0 heterocycles. The first kappa shape index (κ1) is 24.4. The molecule has 6 heteroatoms. The number of aliphatic hydroxyl groups is 1. The Morgan fingerprint density at radius 2 is 1.31 bits per heavy atom. The highest BCUT2D eigenvalue weighted by molar-refractivity contribution is 5.72. The van der Waals surface area contributed by atoms with Gasteiger partial charge in [-0.15, -0.1) is 0 Å². The third-order valence-corrected chi connectivity index (χ3v) is 5.65. The van der Waals surface area contributed by atoms with Crippen molar-refractivity contribution in [2.75, 3.05) is 6.61 Å². The first-order valence-corrected chi connectivity index (χ1v) is 11.3. The normalized spacial score (nSPS) is 11.8. The van der Waals surface area contributed by atoms with E-state index in [1.165, 1.54) is 18.2 Å². The molecule has 0 saturated heterocycles. The molecule has 0 bridgehead atoms. The number of hydrogen-bond donors (Lipinski definition) is 1. The molecule has 1 N–H and O–H groups in total. The second-order valence-electron chi connectivity index (χ2n) is 8.10. The van der Waals surface area contributed by atoms with Gasteiger partial charge in [-0.3, -0.25) is 0 Å². The fourth-order valence-corrected chi connectivity index (χ4v) is 3.74. The summed E-state index contributed by atoms with van der Waals surface area (Å²) >= 11 is 0. The van der Waals surface area contributed by atoms with Gasteiger partial charge in [-0.05, 0) is 60.4 Å². The topological polar surface area (TPSA) is 38.7 Å². The zero-order valence-corrected chi connectivity index (χ0v) is 19.4. The van der Waals surface area contributed by atoms with Crippen molar-refractivity contribution < 1.29 is 27.8 Å². The van der Waals surface area contributed by atoms with Crippen LogP contribution in [0.15, 0.2) is 78.9 Å². The zero-order valence-electron chi connectivity index (χ0n) is 19.4. The summed E-state index contributed by atoms with van der Waals surface area (Å²) in [6.45, 7) is 3.95. The van der Waals surface area contributed by atoms with Crippen LogP contribution in [0.5, 0.6) is 11.5 Å². The lowest BCUT2D eigenvalue weighted by Gasteiger charge is -2.12. The second-order valence-corrected chi connectivity index (χ2v) is 8.10. The Morgan fingerprint density at radius 3 is 1.83 bits per heavy atom. The van der Waals surface area contributed by atoms with Crippen LogP contribution in [0, 0.1) is 17.5 Å². The number of benzene rings is 4. The molecule has 4 rings (SSSR count). The summed E-state index contributed by atoms with van der Waals surface area (Å²) in [5.74, 6) is -1.63. The minimum Gasteiger partial charge on any atom is -0.491 e. The van der Waals surface area contributed by atoms with Crippen LogP contribution in [-0.4, -0.2) is 11.7 Å². The molecule has 3 nitrogen and oxygen atoms in total. The van der Waals surface area contributed by atoms with Crippen LogP contribution in [0.25, 0.3) is 22.3 Å². The molecule has 0 aliphatic rings. The van der Waals surface area contributed by atoms with Crippen LogP contribution in [0.1, 0.15) is 31.1 Å². The molecular weight excluding hydrogens is 453 g/mol. The summed E-state index contributed by atoms with van der Waals surface area (Å²) in [5.41, 5.74) is 2.63. The van der Waals surface area contributed by atoms with Crippen molar-refractivity contribution in [1.82, 2.24) is 0 Å². The monoisotopic (exact) mass is 478 g/mol. The number of hydrogen-bond acceptors (Lipinski definition) is 3. The molecule has 0 spiro atoms. The summed E-state index contributed by atoms with van der Waals surface area (Å²) in [6.07, 6.45) is -0.637. The molecule has 0 aliphatic carbocycles. The van der Waals surface area contributed by atoms with E-state index in [0.717, 1.165) is 0 Å². The van der Waals surface area contributed by atoms with Gasteiger partial charge in [0.2, 0.25) is 0 Å². The molecule has 0 aliphatic heterocycles. The van der Waals surface area contributed by atoms with Crippen molar-refractivity contribution in [1.29, 1.82) is 0 Å². The molecule has 4 aromatic carbocycles. The Balaban J connectivity index is 1.48. The maximum absolute atomic E-state index is 14.9. The zero-order chi connectivity index (χ0) is 24.9. The highest BCUT2D eigenvalue weighted by Crippen LogP contribution is 2.33. The minimum absolute atomic E-state index is 0.131. The maximum atomic E-state index is 14.9. The molecule has 0 fully saturated rings. The summed E-state index contributed by atoms with van der Waals surface area (Å²) < 4.78 is 54.7. The lowest BCUT2D eigenvalue weighted by Crippen LogP contribution is -1.99. The van der Waals surface area contributed by atoms with E-state index in [-0.39, 0.29) is 23.5 Å². The van der Waals surface area contributed by atoms with Crippen molar-refractivity contribution in [3.8, 4) is 33.8 Å². The average molecular weight is 479 g/mol. The van der Waals surface area contributed by atoms with Crippen molar-refractivity contribution in [3.63, 3.8) is 0 Å². The van der Waals surface area contributed by atoms with Crippen molar-refractivity contribution >= 4 is 0 Å². The predicted molar refractivity (Wildman–Crippen MR) is 130 cm³/mol. The standard InChI is InChI=1S/C29H25F3O3/c1-3-34-27-15-4-19(16-26(27)30)17-35-23-11-9-22(10-12-23)25-14-13-24(28(31)29(25)32)21-7-5-20(6-8-21)18(2)33/h4-16,18,33H,3,17H2,1-2H3. The van der Waals surface area contributed by atoms with E-state index < -0.39 is 23.6 Å². The number of aliphatic hydroxyl groups excluding tert-OH is 1. The lowest BCUT2D eigenvalue weighted by molar-refractivity contribution is 0.199. The second kappa shape index (κ2) is 10.7. The molecular formula is C29H25F3O3. The molecule has 0 radical (unpaired) electrons. The van der Waals surface area contributed by atoms with Crippen LogP contribution in [0.3, 0.4) is 0 Å². The molecule has 4 aromatic rings. The molecule has 1 unspecified atom stereocenters.